The summed E-state index contributed by atoms with van der Waals surface area (Å²) in [5.41, 5.74) is 19.1. The molecule has 0 fully saturated rings. The van der Waals surface area contributed by atoms with Crippen LogP contribution in [0.1, 0.15) is 0 Å². The van der Waals surface area contributed by atoms with Crippen molar-refractivity contribution in [3.05, 3.63) is 261 Å². The molecule has 0 atom stereocenters. The average molecular weight is 826 g/mol. The lowest BCUT2D eigenvalue weighted by Gasteiger charge is -2.15. The largest absolute Gasteiger partial charge is 0.316 e. The first-order valence-corrected chi connectivity index (χ1v) is 22.4. The van der Waals surface area contributed by atoms with E-state index in [1.807, 2.05) is 0 Å². The zero-order valence-electron chi connectivity index (χ0n) is 35.8. The Hall–Kier alpha value is -8.52. The predicted molar refractivity (Wildman–Crippen MR) is 276 cm³/mol. The van der Waals surface area contributed by atoms with Gasteiger partial charge in [0.2, 0.25) is 0 Å². The van der Waals surface area contributed by atoms with Crippen LogP contribution in [0.5, 0.6) is 0 Å². The van der Waals surface area contributed by atoms with Crippen molar-refractivity contribution in [2.75, 3.05) is 0 Å². The molecule has 0 amide bonds. The summed E-state index contributed by atoms with van der Waals surface area (Å²) >= 11 is 0. The van der Waals surface area contributed by atoms with Crippen LogP contribution in [0.25, 0.3) is 116 Å². The van der Waals surface area contributed by atoms with Gasteiger partial charge in [0.25, 0.3) is 0 Å². The van der Waals surface area contributed by atoms with Gasteiger partial charge in [0, 0.05) is 22.8 Å². The van der Waals surface area contributed by atoms with Crippen LogP contribution < -0.4 is 0 Å². The van der Waals surface area contributed by atoms with E-state index in [1.165, 1.54) is 105 Å². The van der Waals surface area contributed by atoms with Gasteiger partial charge in [-0.2, -0.15) is 0 Å². The third-order valence-corrected chi connectivity index (χ3v) is 13.1. The van der Waals surface area contributed by atoms with Crippen molar-refractivity contribution in [1.82, 2.24) is 4.57 Å². The Morgan fingerprint density at radius 1 is 0.215 bits per heavy atom. The fourth-order valence-corrected chi connectivity index (χ4v) is 9.83. The Morgan fingerprint density at radius 3 is 1.29 bits per heavy atom. The third-order valence-electron chi connectivity index (χ3n) is 13.1. The molecule has 0 spiro atoms. The summed E-state index contributed by atoms with van der Waals surface area (Å²) in [6.45, 7) is 0. The first kappa shape index (κ1) is 38.2. The fourth-order valence-electron chi connectivity index (χ4n) is 9.83. The van der Waals surface area contributed by atoms with Crippen LogP contribution in [0, 0.1) is 0 Å². The molecule has 304 valence electrons. The molecule has 1 nitrogen and oxygen atoms in total. The maximum Gasteiger partial charge on any atom is 0.0535 e. The van der Waals surface area contributed by atoms with Gasteiger partial charge in [-0.15, -0.1) is 0 Å². The summed E-state index contributed by atoms with van der Waals surface area (Å²) in [7, 11) is 0. The third kappa shape index (κ3) is 7.01. The highest BCUT2D eigenvalue weighted by atomic mass is 15.0. The van der Waals surface area contributed by atoms with Crippen molar-refractivity contribution >= 4 is 32.4 Å². The number of hydrogen-bond donors (Lipinski definition) is 0. The van der Waals surface area contributed by atoms with E-state index >= 15 is 0 Å². The minimum atomic E-state index is 1.11. The van der Waals surface area contributed by atoms with Crippen LogP contribution in [-0.2, 0) is 0 Å². The Balaban J connectivity index is 1.06. The summed E-state index contributed by atoms with van der Waals surface area (Å²) in [6.07, 6.45) is 2.36. The summed E-state index contributed by atoms with van der Waals surface area (Å²) in [4.78, 5) is 0. The summed E-state index contributed by atoms with van der Waals surface area (Å²) in [6, 6.07) is 92.9. The first-order chi connectivity index (χ1) is 32.2. The predicted octanol–water partition coefficient (Wildman–Crippen LogP) is 17.6. The zero-order valence-corrected chi connectivity index (χ0v) is 35.8. The highest BCUT2D eigenvalue weighted by Gasteiger charge is 2.19. The van der Waals surface area contributed by atoms with Gasteiger partial charge in [0.15, 0.2) is 0 Å². The van der Waals surface area contributed by atoms with Crippen LogP contribution in [0.2, 0.25) is 0 Å². The second kappa shape index (κ2) is 16.3. The molecule has 0 aliphatic heterocycles. The molecule has 0 bridgehead atoms. The van der Waals surface area contributed by atoms with Crippen LogP contribution in [0.3, 0.4) is 0 Å². The number of benzene rings is 11. The highest BCUT2D eigenvalue weighted by molar-refractivity contribution is 6.14. The van der Waals surface area contributed by atoms with Gasteiger partial charge >= 0.3 is 0 Å². The van der Waals surface area contributed by atoms with Crippen molar-refractivity contribution in [2.24, 2.45) is 0 Å². The van der Waals surface area contributed by atoms with Crippen molar-refractivity contribution < 1.29 is 0 Å². The average Bonchev–Trinajstić information content (AvgIpc) is 3.78. The number of hydrogen-bond acceptors (Lipinski definition) is 0. The second-order valence-electron chi connectivity index (χ2n) is 16.9. The van der Waals surface area contributed by atoms with Crippen LogP contribution in [0.15, 0.2) is 261 Å². The molecule has 12 rings (SSSR count). The Labute approximate surface area is 379 Å². The Bertz CT molecular complexity index is 3660. The van der Waals surface area contributed by atoms with Crippen LogP contribution >= 0.6 is 0 Å². The van der Waals surface area contributed by atoms with Gasteiger partial charge in [0.1, 0.15) is 0 Å². The fraction of sp³-hybridized carbons (Fsp3) is 0. The highest BCUT2D eigenvalue weighted by Crippen LogP contribution is 2.44. The van der Waals surface area contributed by atoms with Crippen molar-refractivity contribution in [3.63, 3.8) is 0 Å². The van der Waals surface area contributed by atoms with Gasteiger partial charge < -0.3 is 4.57 Å². The van der Waals surface area contributed by atoms with Gasteiger partial charge in [0.05, 0.1) is 5.52 Å². The Morgan fingerprint density at radius 2 is 0.677 bits per heavy atom. The first-order valence-electron chi connectivity index (χ1n) is 22.4. The van der Waals surface area contributed by atoms with Gasteiger partial charge in [-0.1, -0.05) is 212 Å². The van der Waals surface area contributed by atoms with E-state index in [2.05, 4.69) is 266 Å². The molecule has 1 aromatic heterocycles. The zero-order chi connectivity index (χ0) is 43.1. The maximum absolute atomic E-state index is 2.42. The smallest absolute Gasteiger partial charge is 0.0535 e. The number of nitrogens with zero attached hydrogens (tertiary/aromatic N) is 1. The van der Waals surface area contributed by atoms with Gasteiger partial charge in [-0.3, -0.25) is 0 Å². The Kier molecular flexibility index (Phi) is 9.58. The molecule has 0 radical (unpaired) electrons. The topological polar surface area (TPSA) is 4.93 Å². The molecule has 0 saturated carbocycles. The molecular formula is C64H43N. The summed E-state index contributed by atoms with van der Waals surface area (Å²) < 4.78 is 2.38. The number of rotatable bonds is 8. The molecule has 1 heteroatoms. The molecule has 0 aliphatic carbocycles. The molecule has 12 aromatic rings. The monoisotopic (exact) mass is 825 g/mol. The van der Waals surface area contributed by atoms with Crippen LogP contribution in [-0.4, -0.2) is 4.57 Å². The van der Waals surface area contributed by atoms with E-state index in [0.717, 1.165) is 11.2 Å². The van der Waals surface area contributed by atoms with Crippen LogP contribution in [0.4, 0.5) is 0 Å². The van der Waals surface area contributed by atoms with Crippen molar-refractivity contribution in [2.45, 2.75) is 0 Å². The molecular weight excluding hydrogens is 783 g/mol. The summed E-state index contributed by atoms with van der Waals surface area (Å²) in [5.74, 6) is 0. The van der Waals surface area contributed by atoms with Crippen molar-refractivity contribution in [1.29, 1.82) is 0 Å². The lowest BCUT2D eigenvalue weighted by Crippen LogP contribution is -1.93. The van der Waals surface area contributed by atoms with E-state index in [-0.39, 0.29) is 0 Å². The van der Waals surface area contributed by atoms with E-state index in [4.69, 9.17) is 0 Å². The molecule has 11 aromatic carbocycles. The van der Waals surface area contributed by atoms with Gasteiger partial charge in [-0.05, 0) is 136 Å². The minimum absolute atomic E-state index is 1.11. The van der Waals surface area contributed by atoms with E-state index in [9.17, 15) is 0 Å². The van der Waals surface area contributed by atoms with E-state index in [1.54, 1.807) is 0 Å². The quantitative estimate of drug-likeness (QED) is 0.135. The minimum Gasteiger partial charge on any atom is -0.316 e. The lowest BCUT2D eigenvalue weighted by atomic mass is 9.89. The normalized spacial score (nSPS) is 11.4. The van der Waals surface area contributed by atoms with E-state index < -0.39 is 0 Å². The van der Waals surface area contributed by atoms with E-state index in [0.29, 0.717) is 0 Å². The standard InChI is InChI=1S/C64H43N/c1-5-17-44(18-6-1)49-31-36-55(59(39-49)46-21-9-3-10-22-46)52-33-38-64-62(42-52)63(58-37-32-50(45-19-7-2-8-20-45)40-60(58)47-23-11-4-12-24-47)43-65(64)53-34-29-48(30-35-53)61-41-51-25-13-14-26-54(51)56-27-15-16-28-57(56)61/h1-43H. The lowest BCUT2D eigenvalue weighted by molar-refractivity contribution is 1.13. The molecule has 65 heavy (non-hydrogen) atoms. The molecule has 0 saturated heterocycles. The number of aromatic nitrogens is 1. The van der Waals surface area contributed by atoms with Gasteiger partial charge in [-0.25, -0.2) is 0 Å². The molecule has 0 unspecified atom stereocenters. The molecule has 1 heterocycles. The molecule has 0 aliphatic rings. The molecule has 0 N–H and O–H groups in total. The summed E-state index contributed by atoms with van der Waals surface area (Å²) in [5, 5.41) is 6.27. The second-order valence-corrected chi connectivity index (χ2v) is 16.9. The maximum atomic E-state index is 2.42. The SMILES string of the molecule is c1ccc(-c2ccc(-c3ccc4c(c3)c(-c3ccc(-c5ccccc5)cc3-c3ccccc3)cn4-c3ccc(-c4cc5ccccc5c5ccccc45)cc3)c(-c3ccccc3)c2)cc1. The number of fused-ring (bicyclic) bond motifs is 4. The van der Waals surface area contributed by atoms with Crippen molar-refractivity contribution in [3.8, 4) is 83.6 Å².